The Morgan fingerprint density at radius 3 is 1.26 bits per heavy atom. The Kier molecular flexibility index (Phi) is 30.1. The first-order chi connectivity index (χ1) is 20.3. The number of hydrogen-bond acceptors (Lipinski definition) is 8. The van der Waals surface area contributed by atoms with Gasteiger partial charge in [-0.2, -0.15) is 0 Å². The van der Waals surface area contributed by atoms with E-state index in [1.54, 1.807) is 0 Å². The third-order valence-electron chi connectivity index (χ3n) is 7.49. The molecule has 0 aromatic carbocycles. The van der Waals surface area contributed by atoms with Crippen LogP contribution in [0.4, 0.5) is 0 Å². The van der Waals surface area contributed by atoms with Crippen LogP contribution in [0.25, 0.3) is 0 Å². The lowest BCUT2D eigenvalue weighted by Gasteiger charge is -2.16. The molecule has 0 aliphatic rings. The van der Waals surface area contributed by atoms with Crippen molar-refractivity contribution < 1.29 is 43.4 Å². The van der Waals surface area contributed by atoms with Crippen LogP contribution in [0.2, 0.25) is 0 Å². The van der Waals surface area contributed by atoms with E-state index in [4.69, 9.17) is 14.9 Å². The van der Waals surface area contributed by atoms with Crippen LogP contribution in [0.5, 0.6) is 0 Å². The van der Waals surface area contributed by atoms with Crippen molar-refractivity contribution in [3.63, 3.8) is 0 Å². The molecule has 0 fully saturated rings. The van der Waals surface area contributed by atoms with E-state index < -0.39 is 45.8 Å². The van der Waals surface area contributed by atoms with Gasteiger partial charge in [0.05, 0.1) is 19.8 Å². The molecule has 3 unspecified atom stereocenters. The molecule has 0 aliphatic heterocycles. The molecule has 0 radical (unpaired) electrons. The minimum absolute atomic E-state index is 0.271. The number of phosphoric ester groups is 1. The predicted molar refractivity (Wildman–Crippen MR) is 168 cm³/mol. The summed E-state index contributed by atoms with van der Waals surface area (Å²) < 4.78 is 25.6. The quantitative estimate of drug-likeness (QED) is 0.0327. The van der Waals surface area contributed by atoms with Gasteiger partial charge in [0.1, 0.15) is 18.8 Å². The molecular formula is C32H65O9P. The van der Waals surface area contributed by atoms with E-state index in [0.717, 1.165) is 19.3 Å². The molecule has 0 amide bonds. The first-order valence-electron chi connectivity index (χ1n) is 17.0. The fourth-order valence-corrected chi connectivity index (χ4v) is 5.61. The Morgan fingerprint density at radius 1 is 0.571 bits per heavy atom. The molecule has 10 heteroatoms. The molecule has 0 saturated heterocycles. The van der Waals surface area contributed by atoms with Crippen molar-refractivity contribution in [1.82, 2.24) is 0 Å². The average molecular weight is 625 g/mol. The predicted octanol–water partition coefficient (Wildman–Crippen LogP) is 7.76. The summed E-state index contributed by atoms with van der Waals surface area (Å²) in [4.78, 5) is 21.3. The molecule has 0 saturated carbocycles. The molecule has 3 atom stereocenters. The highest BCUT2D eigenvalue weighted by molar-refractivity contribution is 7.47. The number of phosphoric acid groups is 1. The highest BCUT2D eigenvalue weighted by Gasteiger charge is 2.24. The number of aliphatic hydroxyl groups is 3. The van der Waals surface area contributed by atoms with Crippen molar-refractivity contribution in [3.8, 4) is 0 Å². The molecule has 0 aliphatic carbocycles. The number of carbonyl (C=O) groups is 1. The van der Waals surface area contributed by atoms with Gasteiger partial charge in [-0.25, -0.2) is 4.57 Å². The Labute approximate surface area is 256 Å². The standard InChI is InChI=1S/C32H65O9P/c1-2-3-4-5-6-7-8-9-10-11-12-13-14-15-16-17-18-19-20-21-22-23-24-25-32(36)39-27-31(35)29-41-42(37,38)40-28-30(34)26-33/h30-31,33-35H,2-29H2,1H3,(H,37,38). The van der Waals surface area contributed by atoms with Crippen molar-refractivity contribution in [2.75, 3.05) is 26.4 Å². The zero-order valence-electron chi connectivity index (χ0n) is 26.7. The highest BCUT2D eigenvalue weighted by Crippen LogP contribution is 2.43. The lowest BCUT2D eigenvalue weighted by Crippen LogP contribution is -2.24. The number of ether oxygens (including phenoxy) is 1. The van der Waals surface area contributed by atoms with Gasteiger partial charge in [-0.3, -0.25) is 13.8 Å². The van der Waals surface area contributed by atoms with Crippen LogP contribution in [-0.4, -0.2) is 64.8 Å². The second-order valence-electron chi connectivity index (χ2n) is 11.8. The van der Waals surface area contributed by atoms with E-state index in [9.17, 15) is 19.4 Å². The van der Waals surface area contributed by atoms with Crippen LogP contribution >= 0.6 is 7.82 Å². The van der Waals surface area contributed by atoms with Crippen LogP contribution in [-0.2, 0) is 23.1 Å². The smallest absolute Gasteiger partial charge is 0.463 e. The third kappa shape index (κ3) is 30.9. The van der Waals surface area contributed by atoms with Crippen LogP contribution < -0.4 is 0 Å². The normalized spacial score (nSPS) is 14.5. The SMILES string of the molecule is CCCCCCCCCCCCCCCCCCCCCCCCCC(=O)OCC(O)COP(=O)(O)OCC(O)CO. The number of rotatable bonds is 33. The Bertz CT molecular complexity index is 635. The molecule has 0 heterocycles. The van der Waals surface area contributed by atoms with Crippen LogP contribution in [0.1, 0.15) is 161 Å². The van der Waals surface area contributed by atoms with Crippen molar-refractivity contribution in [2.24, 2.45) is 0 Å². The fourth-order valence-electron chi connectivity index (χ4n) is 4.81. The summed E-state index contributed by atoms with van der Waals surface area (Å²) in [5, 5.41) is 27.5. The van der Waals surface area contributed by atoms with Crippen LogP contribution in [0.3, 0.4) is 0 Å². The van der Waals surface area contributed by atoms with E-state index in [1.807, 2.05) is 0 Å². The number of carbonyl (C=O) groups excluding carboxylic acids is 1. The van der Waals surface area contributed by atoms with E-state index in [2.05, 4.69) is 16.0 Å². The van der Waals surface area contributed by atoms with Gasteiger partial charge < -0.3 is 24.9 Å². The summed E-state index contributed by atoms with van der Waals surface area (Å²) in [5.41, 5.74) is 0. The van der Waals surface area contributed by atoms with Gasteiger partial charge >= 0.3 is 13.8 Å². The Balaban J connectivity index is 3.36. The summed E-state index contributed by atoms with van der Waals surface area (Å²) in [5.74, 6) is -0.424. The fraction of sp³-hybridized carbons (Fsp3) is 0.969. The van der Waals surface area contributed by atoms with Gasteiger partial charge in [0.2, 0.25) is 0 Å². The van der Waals surface area contributed by atoms with Crippen LogP contribution in [0, 0.1) is 0 Å². The zero-order chi connectivity index (χ0) is 31.2. The second kappa shape index (κ2) is 30.5. The maximum absolute atomic E-state index is 11.8. The monoisotopic (exact) mass is 624 g/mol. The van der Waals surface area contributed by atoms with Crippen molar-refractivity contribution in [1.29, 1.82) is 0 Å². The number of hydrogen-bond donors (Lipinski definition) is 4. The van der Waals surface area contributed by atoms with Gasteiger partial charge in [-0.05, 0) is 6.42 Å². The molecule has 42 heavy (non-hydrogen) atoms. The van der Waals surface area contributed by atoms with Crippen molar-refractivity contribution in [2.45, 2.75) is 173 Å². The van der Waals surface area contributed by atoms with Crippen molar-refractivity contribution in [3.05, 3.63) is 0 Å². The molecule has 9 nitrogen and oxygen atoms in total. The topological polar surface area (TPSA) is 143 Å². The van der Waals surface area contributed by atoms with Gasteiger partial charge in [-0.1, -0.05) is 148 Å². The number of unbranched alkanes of at least 4 members (excludes halogenated alkanes) is 22. The summed E-state index contributed by atoms with van der Waals surface area (Å²) in [7, 11) is -4.49. The van der Waals surface area contributed by atoms with Gasteiger partial charge in [0.25, 0.3) is 0 Å². The minimum Gasteiger partial charge on any atom is -0.463 e. The van der Waals surface area contributed by atoms with E-state index in [0.29, 0.717) is 0 Å². The highest BCUT2D eigenvalue weighted by atomic mass is 31.2. The first-order valence-corrected chi connectivity index (χ1v) is 18.5. The summed E-state index contributed by atoms with van der Waals surface area (Å²) in [6, 6.07) is 0. The average Bonchev–Trinajstić information content (AvgIpc) is 2.98. The summed E-state index contributed by atoms with van der Waals surface area (Å²) in [6.07, 6.45) is 28.0. The Morgan fingerprint density at radius 2 is 0.905 bits per heavy atom. The molecule has 4 N–H and O–H groups in total. The van der Waals surface area contributed by atoms with E-state index in [1.165, 1.54) is 128 Å². The molecule has 252 valence electrons. The second-order valence-corrected chi connectivity index (χ2v) is 13.2. The lowest BCUT2D eigenvalue weighted by molar-refractivity contribution is -0.147. The van der Waals surface area contributed by atoms with E-state index in [-0.39, 0.29) is 13.0 Å². The number of aliphatic hydroxyl groups excluding tert-OH is 3. The van der Waals surface area contributed by atoms with Gasteiger partial charge in [-0.15, -0.1) is 0 Å². The molecule has 0 bridgehead atoms. The maximum atomic E-state index is 11.8. The van der Waals surface area contributed by atoms with Gasteiger partial charge in [0.15, 0.2) is 0 Å². The third-order valence-corrected chi connectivity index (χ3v) is 8.44. The molecular weight excluding hydrogens is 559 g/mol. The summed E-state index contributed by atoms with van der Waals surface area (Å²) >= 11 is 0. The molecule has 0 aromatic heterocycles. The molecule has 0 aromatic rings. The van der Waals surface area contributed by atoms with E-state index >= 15 is 0 Å². The maximum Gasteiger partial charge on any atom is 0.472 e. The Hall–Kier alpha value is -0.540. The van der Waals surface area contributed by atoms with Gasteiger partial charge in [0, 0.05) is 6.42 Å². The largest absolute Gasteiger partial charge is 0.472 e. The van der Waals surface area contributed by atoms with Crippen LogP contribution in [0.15, 0.2) is 0 Å². The number of esters is 1. The summed E-state index contributed by atoms with van der Waals surface area (Å²) in [6.45, 7) is 0.139. The van der Waals surface area contributed by atoms with Crippen molar-refractivity contribution >= 4 is 13.8 Å². The molecule has 0 rings (SSSR count). The minimum atomic E-state index is -4.49. The lowest BCUT2D eigenvalue weighted by atomic mass is 10.0. The molecule has 0 spiro atoms. The zero-order valence-corrected chi connectivity index (χ0v) is 27.6. The first kappa shape index (κ1) is 41.5.